The van der Waals surface area contributed by atoms with Gasteiger partial charge in [-0.05, 0) is 33.1 Å². The molecule has 1 atom stereocenters. The Bertz CT molecular complexity index is 242. The Hall–Kier alpha value is -0.640. The molecule has 0 aliphatic heterocycles. The van der Waals surface area contributed by atoms with Gasteiger partial charge in [-0.2, -0.15) is 0 Å². The molecule has 0 aromatic heterocycles. The summed E-state index contributed by atoms with van der Waals surface area (Å²) < 4.78 is 11.0. The number of rotatable bonds is 7. The van der Waals surface area contributed by atoms with Crippen LogP contribution in [-0.2, 0) is 9.47 Å². The van der Waals surface area contributed by atoms with E-state index in [1.165, 1.54) is 5.57 Å². The summed E-state index contributed by atoms with van der Waals surface area (Å²) in [5.74, 6) is 0. The fraction of sp³-hybridized carbons (Fsp3) is 0.692. The minimum absolute atomic E-state index is 0.0890. The average molecular weight is 225 g/mol. The molecule has 0 saturated heterocycles. The molecule has 1 rings (SSSR count). The van der Waals surface area contributed by atoms with Gasteiger partial charge in [0.1, 0.15) is 0 Å². The Morgan fingerprint density at radius 2 is 1.94 bits per heavy atom. The zero-order valence-corrected chi connectivity index (χ0v) is 10.3. The maximum Gasteiger partial charge on any atom is 0.172 e. The van der Waals surface area contributed by atoms with E-state index in [1.54, 1.807) is 0 Å². The second-order valence-corrected chi connectivity index (χ2v) is 3.91. The Kier molecular flexibility index (Phi) is 6.38. The first-order valence-electron chi connectivity index (χ1n) is 6.12. The van der Waals surface area contributed by atoms with Crippen molar-refractivity contribution in [2.75, 3.05) is 13.2 Å². The van der Waals surface area contributed by atoms with E-state index in [0.29, 0.717) is 13.2 Å². The molecule has 0 aromatic rings. The van der Waals surface area contributed by atoms with E-state index in [1.807, 2.05) is 13.8 Å². The summed E-state index contributed by atoms with van der Waals surface area (Å²) in [5.41, 5.74) is 7.39. The predicted octanol–water partition coefficient (Wildman–Crippen LogP) is 2.38. The van der Waals surface area contributed by atoms with Crippen molar-refractivity contribution in [1.29, 1.82) is 0 Å². The molecule has 92 valence electrons. The van der Waals surface area contributed by atoms with Crippen LogP contribution in [-0.4, -0.2) is 25.5 Å². The topological polar surface area (TPSA) is 44.5 Å². The van der Waals surface area contributed by atoms with E-state index >= 15 is 0 Å². The van der Waals surface area contributed by atoms with Gasteiger partial charge in [-0.1, -0.05) is 23.8 Å². The Morgan fingerprint density at radius 3 is 2.44 bits per heavy atom. The van der Waals surface area contributed by atoms with Crippen LogP contribution in [0.15, 0.2) is 23.8 Å². The summed E-state index contributed by atoms with van der Waals surface area (Å²) in [5, 5.41) is 0. The maximum absolute atomic E-state index is 6.10. The third kappa shape index (κ3) is 4.47. The SMILES string of the molecule is CCOC(OCC)C(N)CC1=CCCC=C1. The first-order chi connectivity index (χ1) is 7.77. The monoisotopic (exact) mass is 225 g/mol. The van der Waals surface area contributed by atoms with Gasteiger partial charge in [0.15, 0.2) is 6.29 Å². The zero-order chi connectivity index (χ0) is 11.8. The van der Waals surface area contributed by atoms with Crippen molar-refractivity contribution >= 4 is 0 Å². The lowest BCUT2D eigenvalue weighted by Crippen LogP contribution is -2.39. The minimum atomic E-state index is -0.286. The van der Waals surface area contributed by atoms with Crippen LogP contribution in [0.3, 0.4) is 0 Å². The summed E-state index contributed by atoms with van der Waals surface area (Å²) in [6, 6.07) is -0.0890. The van der Waals surface area contributed by atoms with Crippen molar-refractivity contribution in [1.82, 2.24) is 0 Å². The van der Waals surface area contributed by atoms with E-state index in [2.05, 4.69) is 18.2 Å². The number of ether oxygens (including phenoxy) is 2. The molecule has 3 heteroatoms. The molecule has 2 N–H and O–H groups in total. The van der Waals surface area contributed by atoms with Gasteiger partial charge in [-0.15, -0.1) is 0 Å². The molecule has 0 spiro atoms. The number of allylic oxidation sites excluding steroid dienone is 3. The van der Waals surface area contributed by atoms with Gasteiger partial charge in [-0.3, -0.25) is 0 Å². The number of hydrogen-bond acceptors (Lipinski definition) is 3. The largest absolute Gasteiger partial charge is 0.351 e. The molecule has 1 unspecified atom stereocenters. The normalized spacial score (nSPS) is 17.6. The van der Waals surface area contributed by atoms with Crippen LogP contribution in [0.25, 0.3) is 0 Å². The molecule has 0 fully saturated rings. The van der Waals surface area contributed by atoms with Crippen LogP contribution in [0, 0.1) is 0 Å². The highest BCUT2D eigenvalue weighted by atomic mass is 16.7. The number of hydrogen-bond donors (Lipinski definition) is 1. The summed E-state index contributed by atoms with van der Waals surface area (Å²) in [6.07, 6.45) is 9.38. The fourth-order valence-electron chi connectivity index (χ4n) is 1.81. The molecule has 16 heavy (non-hydrogen) atoms. The third-order valence-electron chi connectivity index (χ3n) is 2.55. The quantitative estimate of drug-likeness (QED) is 0.677. The molecule has 0 saturated carbocycles. The first-order valence-corrected chi connectivity index (χ1v) is 6.12. The lowest BCUT2D eigenvalue weighted by Gasteiger charge is -2.24. The second kappa shape index (κ2) is 7.60. The lowest BCUT2D eigenvalue weighted by molar-refractivity contribution is -0.147. The molecular formula is C13H23NO2. The van der Waals surface area contributed by atoms with E-state index in [0.717, 1.165) is 19.3 Å². The minimum Gasteiger partial charge on any atom is -0.351 e. The highest BCUT2D eigenvalue weighted by Gasteiger charge is 2.19. The van der Waals surface area contributed by atoms with E-state index < -0.39 is 0 Å². The molecule has 0 heterocycles. The van der Waals surface area contributed by atoms with Crippen molar-refractivity contribution in [2.24, 2.45) is 5.73 Å². The van der Waals surface area contributed by atoms with Crippen molar-refractivity contribution < 1.29 is 9.47 Å². The van der Waals surface area contributed by atoms with Gasteiger partial charge >= 0.3 is 0 Å². The number of nitrogens with two attached hydrogens (primary N) is 1. The Labute approximate surface area is 98.3 Å². The van der Waals surface area contributed by atoms with Crippen LogP contribution >= 0.6 is 0 Å². The van der Waals surface area contributed by atoms with Crippen LogP contribution in [0.1, 0.15) is 33.1 Å². The summed E-state index contributed by atoms with van der Waals surface area (Å²) in [4.78, 5) is 0. The van der Waals surface area contributed by atoms with E-state index in [-0.39, 0.29) is 12.3 Å². The average Bonchev–Trinajstić information content (AvgIpc) is 2.30. The fourth-order valence-corrected chi connectivity index (χ4v) is 1.81. The molecule has 0 radical (unpaired) electrons. The highest BCUT2D eigenvalue weighted by Crippen LogP contribution is 2.16. The van der Waals surface area contributed by atoms with Gasteiger partial charge in [0.05, 0.1) is 6.04 Å². The summed E-state index contributed by atoms with van der Waals surface area (Å²) in [6.45, 7) is 5.18. The lowest BCUT2D eigenvalue weighted by atomic mass is 10.0. The van der Waals surface area contributed by atoms with Gasteiger partial charge in [0, 0.05) is 13.2 Å². The predicted molar refractivity (Wildman–Crippen MR) is 66.1 cm³/mol. The first kappa shape index (κ1) is 13.4. The van der Waals surface area contributed by atoms with Crippen molar-refractivity contribution in [3.63, 3.8) is 0 Å². The van der Waals surface area contributed by atoms with Crippen molar-refractivity contribution in [2.45, 2.75) is 45.4 Å². The molecule has 1 aliphatic carbocycles. The summed E-state index contributed by atoms with van der Waals surface area (Å²) >= 11 is 0. The Balaban J connectivity index is 2.43. The van der Waals surface area contributed by atoms with Crippen molar-refractivity contribution in [3.05, 3.63) is 23.8 Å². The van der Waals surface area contributed by atoms with Gasteiger partial charge in [0.25, 0.3) is 0 Å². The van der Waals surface area contributed by atoms with Crippen LogP contribution in [0.5, 0.6) is 0 Å². The second-order valence-electron chi connectivity index (χ2n) is 3.91. The maximum atomic E-state index is 6.10. The molecule has 0 aromatic carbocycles. The highest BCUT2D eigenvalue weighted by molar-refractivity contribution is 5.23. The molecular weight excluding hydrogens is 202 g/mol. The van der Waals surface area contributed by atoms with Crippen LogP contribution in [0.4, 0.5) is 0 Å². The van der Waals surface area contributed by atoms with Crippen LogP contribution < -0.4 is 5.73 Å². The Morgan fingerprint density at radius 1 is 1.25 bits per heavy atom. The molecule has 3 nitrogen and oxygen atoms in total. The molecule has 0 bridgehead atoms. The van der Waals surface area contributed by atoms with Gasteiger partial charge in [0.2, 0.25) is 0 Å². The molecule has 1 aliphatic rings. The zero-order valence-electron chi connectivity index (χ0n) is 10.3. The van der Waals surface area contributed by atoms with Crippen LogP contribution in [0.2, 0.25) is 0 Å². The van der Waals surface area contributed by atoms with Crippen molar-refractivity contribution in [3.8, 4) is 0 Å². The van der Waals surface area contributed by atoms with E-state index in [9.17, 15) is 0 Å². The van der Waals surface area contributed by atoms with Gasteiger partial charge < -0.3 is 15.2 Å². The standard InChI is InChI=1S/C13H23NO2/c1-3-15-13(16-4-2)12(14)10-11-8-6-5-7-9-11/h6,8-9,12-13H,3-5,7,10,14H2,1-2H3. The van der Waals surface area contributed by atoms with Gasteiger partial charge in [-0.25, -0.2) is 0 Å². The van der Waals surface area contributed by atoms with E-state index in [4.69, 9.17) is 15.2 Å². The summed E-state index contributed by atoms with van der Waals surface area (Å²) in [7, 11) is 0. The smallest absolute Gasteiger partial charge is 0.172 e. The molecule has 0 amide bonds. The third-order valence-corrected chi connectivity index (χ3v) is 2.55.